The molecule has 128 valence electrons. The Morgan fingerprint density at radius 1 is 1.04 bits per heavy atom. The zero-order valence-electron chi connectivity index (χ0n) is 14.6. The fourth-order valence-electron chi connectivity index (χ4n) is 2.38. The van der Waals surface area contributed by atoms with Gasteiger partial charge in [-0.15, -0.1) is 0 Å². The van der Waals surface area contributed by atoms with Crippen LogP contribution in [0.3, 0.4) is 0 Å². The zero-order valence-corrected chi connectivity index (χ0v) is 14.6. The van der Waals surface area contributed by atoms with Crippen molar-refractivity contribution in [3.63, 3.8) is 0 Å². The lowest BCUT2D eigenvalue weighted by atomic mass is 10.1. The Balaban J connectivity index is 1.94. The third-order valence-corrected chi connectivity index (χ3v) is 3.77. The molecule has 1 amide bonds. The zero-order chi connectivity index (χ0) is 17.5. The first-order valence-electron chi connectivity index (χ1n) is 7.81. The highest BCUT2D eigenvalue weighted by atomic mass is 16.5. The molecule has 0 spiro atoms. The highest BCUT2D eigenvalue weighted by Gasteiger charge is 2.08. The first-order chi connectivity index (χ1) is 11.5. The summed E-state index contributed by atoms with van der Waals surface area (Å²) >= 11 is 0. The molecule has 0 aliphatic heterocycles. The Bertz CT molecular complexity index is 699. The maximum Gasteiger partial charge on any atom is 0.251 e. The van der Waals surface area contributed by atoms with Crippen molar-refractivity contribution in [2.45, 2.75) is 6.42 Å². The summed E-state index contributed by atoms with van der Waals surface area (Å²) in [7, 11) is 7.13. The van der Waals surface area contributed by atoms with Crippen LogP contribution < -0.4 is 19.7 Å². The molecule has 0 fully saturated rings. The van der Waals surface area contributed by atoms with Crippen molar-refractivity contribution in [2.24, 2.45) is 0 Å². The van der Waals surface area contributed by atoms with E-state index in [9.17, 15) is 4.79 Å². The molecule has 0 atom stereocenters. The van der Waals surface area contributed by atoms with Gasteiger partial charge in [-0.2, -0.15) is 0 Å². The van der Waals surface area contributed by atoms with Crippen molar-refractivity contribution < 1.29 is 14.3 Å². The van der Waals surface area contributed by atoms with Crippen molar-refractivity contribution in [1.29, 1.82) is 0 Å². The Hall–Kier alpha value is -2.69. The number of methoxy groups -OCH3 is 2. The van der Waals surface area contributed by atoms with E-state index >= 15 is 0 Å². The second kappa shape index (κ2) is 8.24. The van der Waals surface area contributed by atoms with Crippen LogP contribution >= 0.6 is 0 Å². The van der Waals surface area contributed by atoms with E-state index in [1.165, 1.54) is 0 Å². The molecule has 0 aromatic heterocycles. The summed E-state index contributed by atoms with van der Waals surface area (Å²) in [6.07, 6.45) is 0.722. The molecule has 0 aliphatic rings. The van der Waals surface area contributed by atoms with Crippen LogP contribution in [0.25, 0.3) is 0 Å². The average Bonchev–Trinajstić information content (AvgIpc) is 2.61. The van der Waals surface area contributed by atoms with Crippen LogP contribution in [-0.2, 0) is 6.42 Å². The number of hydrogen-bond donors (Lipinski definition) is 1. The highest BCUT2D eigenvalue weighted by Crippen LogP contribution is 2.27. The summed E-state index contributed by atoms with van der Waals surface area (Å²) in [5.74, 6) is 1.32. The highest BCUT2D eigenvalue weighted by molar-refractivity contribution is 5.95. The number of anilines is 1. The number of nitrogens with zero attached hydrogens (tertiary/aromatic N) is 1. The number of carbonyl (C=O) groups excluding carboxylic acids is 1. The van der Waals surface area contributed by atoms with Crippen LogP contribution in [0.2, 0.25) is 0 Å². The van der Waals surface area contributed by atoms with Gasteiger partial charge in [-0.05, 0) is 42.3 Å². The van der Waals surface area contributed by atoms with Gasteiger partial charge in [0.15, 0.2) is 11.5 Å². The molecule has 2 rings (SSSR count). The number of rotatable bonds is 7. The lowest BCUT2D eigenvalue weighted by Gasteiger charge is -2.13. The predicted octanol–water partition coefficient (Wildman–Crippen LogP) is 2.74. The molecule has 5 nitrogen and oxygen atoms in total. The largest absolute Gasteiger partial charge is 0.493 e. The van der Waals surface area contributed by atoms with Gasteiger partial charge in [0.05, 0.1) is 14.2 Å². The Morgan fingerprint density at radius 2 is 1.79 bits per heavy atom. The summed E-state index contributed by atoms with van der Waals surface area (Å²) in [4.78, 5) is 14.2. The maximum atomic E-state index is 12.3. The molecule has 0 saturated carbocycles. The van der Waals surface area contributed by atoms with Crippen LogP contribution in [0.15, 0.2) is 42.5 Å². The lowest BCUT2D eigenvalue weighted by molar-refractivity contribution is 0.0954. The quantitative estimate of drug-likeness (QED) is 0.849. The number of nitrogens with one attached hydrogen (secondary N) is 1. The maximum absolute atomic E-state index is 12.3. The molecule has 0 unspecified atom stereocenters. The minimum Gasteiger partial charge on any atom is -0.493 e. The third kappa shape index (κ3) is 4.41. The number of ether oxygens (including phenoxy) is 2. The standard InChI is InChI=1S/C19H24N2O3/c1-21(2)16-7-5-6-15(13-16)19(22)20-11-10-14-8-9-17(23-3)18(12-14)24-4/h5-9,12-13H,10-11H2,1-4H3,(H,20,22). The van der Waals surface area contributed by atoms with Gasteiger partial charge >= 0.3 is 0 Å². The van der Waals surface area contributed by atoms with Crippen LogP contribution in [0, 0.1) is 0 Å². The molecule has 0 heterocycles. The molecule has 0 saturated heterocycles. The first kappa shape index (κ1) is 17.7. The van der Waals surface area contributed by atoms with E-state index in [0.29, 0.717) is 23.6 Å². The van der Waals surface area contributed by atoms with Crippen molar-refractivity contribution >= 4 is 11.6 Å². The predicted molar refractivity (Wildman–Crippen MR) is 96.4 cm³/mol. The number of amides is 1. The van der Waals surface area contributed by atoms with Crippen LogP contribution in [0.4, 0.5) is 5.69 Å². The van der Waals surface area contributed by atoms with Gasteiger partial charge < -0.3 is 19.7 Å². The van der Waals surface area contributed by atoms with E-state index in [2.05, 4.69) is 5.32 Å². The monoisotopic (exact) mass is 328 g/mol. The summed E-state index contributed by atoms with van der Waals surface area (Å²) in [5.41, 5.74) is 2.74. The lowest BCUT2D eigenvalue weighted by Crippen LogP contribution is -2.26. The summed E-state index contributed by atoms with van der Waals surface area (Å²) in [6, 6.07) is 13.3. The van der Waals surface area contributed by atoms with Crippen molar-refractivity contribution in [3.8, 4) is 11.5 Å². The first-order valence-corrected chi connectivity index (χ1v) is 7.81. The number of benzene rings is 2. The molecule has 0 aliphatic carbocycles. The van der Waals surface area contributed by atoms with Gasteiger partial charge in [0.1, 0.15) is 0 Å². The van der Waals surface area contributed by atoms with Gasteiger partial charge in [0, 0.05) is 31.9 Å². The van der Waals surface area contributed by atoms with E-state index in [-0.39, 0.29) is 5.91 Å². The molecular formula is C19H24N2O3. The molecule has 0 bridgehead atoms. The average molecular weight is 328 g/mol. The van der Waals surface area contributed by atoms with Crippen LogP contribution in [0.5, 0.6) is 11.5 Å². The fraction of sp³-hybridized carbons (Fsp3) is 0.316. The second-order valence-corrected chi connectivity index (χ2v) is 5.64. The molecular weight excluding hydrogens is 304 g/mol. The smallest absolute Gasteiger partial charge is 0.251 e. The van der Waals surface area contributed by atoms with Gasteiger partial charge in [-0.25, -0.2) is 0 Å². The Morgan fingerprint density at radius 3 is 2.46 bits per heavy atom. The SMILES string of the molecule is COc1ccc(CCNC(=O)c2cccc(N(C)C)c2)cc1OC. The summed E-state index contributed by atoms with van der Waals surface area (Å²) in [5, 5.41) is 2.95. The van der Waals surface area contributed by atoms with E-state index < -0.39 is 0 Å². The summed E-state index contributed by atoms with van der Waals surface area (Å²) < 4.78 is 10.5. The Kier molecular flexibility index (Phi) is 6.07. The van der Waals surface area contributed by atoms with Gasteiger partial charge in [-0.1, -0.05) is 12.1 Å². The van der Waals surface area contributed by atoms with Crippen molar-refractivity contribution in [1.82, 2.24) is 5.32 Å². The number of hydrogen-bond acceptors (Lipinski definition) is 4. The van der Waals surface area contributed by atoms with Gasteiger partial charge in [0.25, 0.3) is 5.91 Å². The number of carbonyl (C=O) groups is 1. The van der Waals surface area contributed by atoms with Crippen molar-refractivity contribution in [3.05, 3.63) is 53.6 Å². The van der Waals surface area contributed by atoms with Gasteiger partial charge in [-0.3, -0.25) is 4.79 Å². The molecule has 0 radical (unpaired) electrons. The normalized spacial score (nSPS) is 10.2. The molecule has 24 heavy (non-hydrogen) atoms. The molecule has 2 aromatic rings. The van der Waals surface area contributed by atoms with Crippen LogP contribution in [-0.4, -0.2) is 40.8 Å². The van der Waals surface area contributed by atoms with E-state index in [1.807, 2.05) is 61.5 Å². The van der Waals surface area contributed by atoms with E-state index in [4.69, 9.17) is 9.47 Å². The fourth-order valence-corrected chi connectivity index (χ4v) is 2.38. The molecule has 2 aromatic carbocycles. The third-order valence-electron chi connectivity index (χ3n) is 3.77. The molecule has 5 heteroatoms. The summed E-state index contributed by atoms with van der Waals surface area (Å²) in [6.45, 7) is 0.556. The van der Waals surface area contributed by atoms with Gasteiger partial charge in [0.2, 0.25) is 0 Å². The van der Waals surface area contributed by atoms with E-state index in [0.717, 1.165) is 17.7 Å². The van der Waals surface area contributed by atoms with Crippen molar-refractivity contribution in [2.75, 3.05) is 39.8 Å². The molecule has 1 N–H and O–H groups in total. The topological polar surface area (TPSA) is 50.8 Å². The minimum absolute atomic E-state index is 0.0702. The van der Waals surface area contributed by atoms with E-state index in [1.54, 1.807) is 14.2 Å². The Labute approximate surface area is 143 Å². The van der Waals surface area contributed by atoms with Crippen LogP contribution in [0.1, 0.15) is 15.9 Å². The minimum atomic E-state index is -0.0702. The second-order valence-electron chi connectivity index (χ2n) is 5.64.